The molecule has 2 unspecified atom stereocenters. The second kappa shape index (κ2) is 4.76. The van der Waals surface area contributed by atoms with Crippen molar-refractivity contribution in [1.29, 1.82) is 0 Å². The molecule has 2 saturated carbocycles. The van der Waals surface area contributed by atoms with Crippen LogP contribution in [0.3, 0.4) is 0 Å². The zero-order valence-corrected chi connectivity index (χ0v) is 11.7. The summed E-state index contributed by atoms with van der Waals surface area (Å²) in [6, 6.07) is 4.56. The maximum absolute atomic E-state index is 13.2. The number of hydrogen-bond donors (Lipinski definition) is 0. The monoisotopic (exact) mass is 310 g/mol. The van der Waals surface area contributed by atoms with Gasteiger partial charge in [0.1, 0.15) is 11.6 Å². The molecule has 3 heteroatoms. The lowest BCUT2D eigenvalue weighted by molar-refractivity contribution is -0.120. The van der Waals surface area contributed by atoms with Crippen molar-refractivity contribution in [1.82, 2.24) is 0 Å². The van der Waals surface area contributed by atoms with Crippen LogP contribution in [0.15, 0.2) is 22.7 Å². The molecule has 1 nitrogen and oxygen atoms in total. The van der Waals surface area contributed by atoms with E-state index in [1.54, 1.807) is 6.07 Å². The van der Waals surface area contributed by atoms with E-state index in [9.17, 15) is 9.18 Å². The highest BCUT2D eigenvalue weighted by Crippen LogP contribution is 2.56. The number of fused-ring (bicyclic) bond motifs is 1. The summed E-state index contributed by atoms with van der Waals surface area (Å²) in [6.45, 7) is 0. The fourth-order valence-corrected chi connectivity index (χ4v) is 3.84. The summed E-state index contributed by atoms with van der Waals surface area (Å²) in [4.78, 5) is 12.3. The summed E-state index contributed by atoms with van der Waals surface area (Å²) in [6.07, 6.45) is 5.34. The molecule has 2 aliphatic rings. The Labute approximate surface area is 115 Å². The molecule has 0 aromatic heterocycles. The van der Waals surface area contributed by atoms with Gasteiger partial charge in [-0.3, -0.25) is 4.79 Å². The molecule has 1 aromatic carbocycles. The zero-order chi connectivity index (χ0) is 12.7. The first kappa shape index (κ1) is 12.3. The van der Waals surface area contributed by atoms with E-state index in [-0.39, 0.29) is 11.7 Å². The highest BCUT2D eigenvalue weighted by Gasteiger charge is 2.53. The molecule has 2 atom stereocenters. The normalized spacial score (nSPS) is 29.8. The van der Waals surface area contributed by atoms with Gasteiger partial charge in [0.2, 0.25) is 0 Å². The van der Waals surface area contributed by atoms with E-state index in [1.165, 1.54) is 37.8 Å². The third-order valence-corrected chi connectivity index (χ3v) is 5.17. The van der Waals surface area contributed by atoms with Gasteiger partial charge >= 0.3 is 0 Å². The van der Waals surface area contributed by atoms with Crippen LogP contribution in [0.25, 0.3) is 0 Å². The van der Waals surface area contributed by atoms with Crippen LogP contribution in [0.4, 0.5) is 4.39 Å². The molecule has 18 heavy (non-hydrogen) atoms. The van der Waals surface area contributed by atoms with Crippen molar-refractivity contribution in [2.45, 2.75) is 32.1 Å². The predicted molar refractivity (Wildman–Crippen MR) is 71.7 cm³/mol. The third-order valence-electron chi connectivity index (χ3n) is 4.40. The van der Waals surface area contributed by atoms with E-state index < -0.39 is 0 Å². The standard InChI is InChI=1S/C15H16BrFO/c16-13-6-5-10(17)7-9(13)8-14(18)15-11-3-1-2-4-12(11)15/h5-7,11-12,15H,1-4,8H2. The molecule has 0 heterocycles. The fourth-order valence-electron chi connectivity index (χ4n) is 3.45. The minimum atomic E-state index is -0.269. The van der Waals surface area contributed by atoms with Gasteiger partial charge in [0.25, 0.3) is 0 Å². The van der Waals surface area contributed by atoms with Gasteiger partial charge in [-0.05, 0) is 48.4 Å². The molecule has 0 radical (unpaired) electrons. The largest absolute Gasteiger partial charge is 0.299 e. The molecular formula is C15H16BrFO. The summed E-state index contributed by atoms with van der Waals surface area (Å²) < 4.78 is 14.0. The van der Waals surface area contributed by atoms with E-state index in [2.05, 4.69) is 15.9 Å². The van der Waals surface area contributed by atoms with Crippen molar-refractivity contribution in [3.63, 3.8) is 0 Å². The summed E-state index contributed by atoms with van der Waals surface area (Å²) in [7, 11) is 0. The number of rotatable bonds is 3. The van der Waals surface area contributed by atoms with E-state index in [4.69, 9.17) is 0 Å². The van der Waals surface area contributed by atoms with Crippen LogP contribution in [0.2, 0.25) is 0 Å². The van der Waals surface area contributed by atoms with Crippen molar-refractivity contribution in [2.75, 3.05) is 0 Å². The summed E-state index contributed by atoms with van der Waals surface area (Å²) in [5.41, 5.74) is 0.781. The fraction of sp³-hybridized carbons (Fsp3) is 0.533. The number of hydrogen-bond acceptors (Lipinski definition) is 1. The molecule has 0 amide bonds. The topological polar surface area (TPSA) is 17.1 Å². The van der Waals surface area contributed by atoms with Gasteiger partial charge < -0.3 is 0 Å². The lowest BCUT2D eigenvalue weighted by Crippen LogP contribution is -2.08. The van der Waals surface area contributed by atoms with Crippen LogP contribution in [-0.2, 0) is 11.2 Å². The van der Waals surface area contributed by atoms with E-state index in [1.807, 2.05) is 0 Å². The van der Waals surface area contributed by atoms with E-state index in [0.29, 0.717) is 24.0 Å². The second-order valence-electron chi connectivity index (χ2n) is 5.52. The number of halogens is 2. The van der Waals surface area contributed by atoms with Gasteiger partial charge in [0, 0.05) is 16.8 Å². The number of carbonyl (C=O) groups is 1. The Bertz CT molecular complexity index is 473. The molecule has 96 valence electrons. The van der Waals surface area contributed by atoms with Crippen molar-refractivity contribution < 1.29 is 9.18 Å². The van der Waals surface area contributed by atoms with E-state index >= 15 is 0 Å². The minimum Gasteiger partial charge on any atom is -0.299 e. The maximum Gasteiger partial charge on any atom is 0.140 e. The van der Waals surface area contributed by atoms with Crippen molar-refractivity contribution >= 4 is 21.7 Å². The highest BCUT2D eigenvalue weighted by molar-refractivity contribution is 9.10. The van der Waals surface area contributed by atoms with Crippen molar-refractivity contribution in [3.05, 3.63) is 34.1 Å². The zero-order valence-electron chi connectivity index (χ0n) is 10.2. The molecule has 0 saturated heterocycles. The quantitative estimate of drug-likeness (QED) is 0.820. The SMILES string of the molecule is O=C(Cc1cc(F)ccc1Br)C1C2CCCCC21. The number of Topliss-reactive ketones (excluding diaryl/α,β-unsaturated/α-hetero) is 1. The van der Waals surface area contributed by atoms with Gasteiger partial charge in [-0.2, -0.15) is 0 Å². The van der Waals surface area contributed by atoms with Gasteiger partial charge in [0.05, 0.1) is 0 Å². The second-order valence-corrected chi connectivity index (χ2v) is 6.37. The number of benzene rings is 1. The average Bonchev–Trinajstić information content (AvgIpc) is 3.08. The molecule has 1 aromatic rings. The molecular weight excluding hydrogens is 295 g/mol. The number of ketones is 1. The van der Waals surface area contributed by atoms with Gasteiger partial charge in [0.15, 0.2) is 0 Å². The molecule has 0 aliphatic heterocycles. The van der Waals surface area contributed by atoms with E-state index in [0.717, 1.165) is 10.0 Å². The number of carbonyl (C=O) groups excluding carboxylic acids is 1. The lowest BCUT2D eigenvalue weighted by Gasteiger charge is -2.04. The molecule has 2 fully saturated rings. The Morgan fingerprint density at radius 2 is 1.94 bits per heavy atom. The van der Waals surface area contributed by atoms with Gasteiger partial charge in [-0.25, -0.2) is 4.39 Å². The lowest BCUT2D eigenvalue weighted by atomic mass is 10.0. The average molecular weight is 311 g/mol. The predicted octanol–water partition coefficient (Wildman–Crippen LogP) is 4.14. The highest BCUT2D eigenvalue weighted by atomic mass is 79.9. The van der Waals surface area contributed by atoms with Crippen LogP contribution in [0.1, 0.15) is 31.2 Å². The first-order valence-electron chi connectivity index (χ1n) is 6.63. The maximum atomic E-state index is 13.2. The van der Waals surface area contributed by atoms with Crippen molar-refractivity contribution in [3.8, 4) is 0 Å². The van der Waals surface area contributed by atoms with Crippen molar-refractivity contribution in [2.24, 2.45) is 17.8 Å². The Kier molecular flexibility index (Phi) is 3.27. The third kappa shape index (κ3) is 2.25. The Hall–Kier alpha value is -0.700. The summed E-state index contributed by atoms with van der Waals surface area (Å²) >= 11 is 3.39. The molecule has 0 spiro atoms. The van der Waals surface area contributed by atoms with Crippen LogP contribution in [0.5, 0.6) is 0 Å². The summed E-state index contributed by atoms with van der Waals surface area (Å²) in [5.74, 6) is 1.58. The Morgan fingerprint density at radius 3 is 2.61 bits per heavy atom. The first-order chi connectivity index (χ1) is 8.66. The molecule has 3 rings (SSSR count). The van der Waals surface area contributed by atoms with Gasteiger partial charge in [-0.15, -0.1) is 0 Å². The Balaban J connectivity index is 1.69. The van der Waals surface area contributed by atoms with Crippen LogP contribution < -0.4 is 0 Å². The summed E-state index contributed by atoms with van der Waals surface area (Å²) in [5, 5.41) is 0. The smallest absolute Gasteiger partial charge is 0.140 e. The molecule has 0 N–H and O–H groups in total. The van der Waals surface area contributed by atoms with Crippen LogP contribution in [0, 0.1) is 23.6 Å². The van der Waals surface area contributed by atoms with Crippen LogP contribution >= 0.6 is 15.9 Å². The molecule has 2 aliphatic carbocycles. The van der Waals surface area contributed by atoms with Gasteiger partial charge in [-0.1, -0.05) is 28.8 Å². The Morgan fingerprint density at radius 1 is 1.28 bits per heavy atom. The first-order valence-corrected chi connectivity index (χ1v) is 7.43. The minimum absolute atomic E-state index is 0.266. The molecule has 0 bridgehead atoms. The van der Waals surface area contributed by atoms with Crippen LogP contribution in [-0.4, -0.2) is 5.78 Å².